The molecule has 3 heterocycles. The van der Waals surface area contributed by atoms with Crippen molar-refractivity contribution >= 4 is 11.2 Å². The van der Waals surface area contributed by atoms with Gasteiger partial charge < -0.3 is 9.88 Å². The van der Waals surface area contributed by atoms with Crippen LogP contribution in [0.5, 0.6) is 0 Å². The normalized spacial score (nSPS) is 17.9. The first-order valence-corrected chi connectivity index (χ1v) is 8.39. The number of imidazole rings is 1. The zero-order chi connectivity index (χ0) is 15.6. The van der Waals surface area contributed by atoms with Gasteiger partial charge in [0.05, 0.1) is 0 Å². The average molecular weight is 306 g/mol. The van der Waals surface area contributed by atoms with E-state index in [1.807, 2.05) is 12.3 Å². The van der Waals surface area contributed by atoms with Crippen LogP contribution in [0.4, 0.5) is 0 Å². The zero-order valence-electron chi connectivity index (χ0n) is 13.5. The van der Waals surface area contributed by atoms with E-state index in [-0.39, 0.29) is 0 Å². The van der Waals surface area contributed by atoms with Crippen molar-refractivity contribution < 1.29 is 0 Å². The molecular formula is C19H22N4. The maximum Gasteiger partial charge on any atom is 0.160 e. The second kappa shape index (κ2) is 6.13. The summed E-state index contributed by atoms with van der Waals surface area (Å²) < 4.78 is 2.30. The molecule has 4 heteroatoms. The third kappa shape index (κ3) is 2.99. The van der Waals surface area contributed by atoms with Crippen molar-refractivity contribution in [2.24, 2.45) is 0 Å². The zero-order valence-corrected chi connectivity index (χ0v) is 13.5. The Balaban J connectivity index is 1.70. The van der Waals surface area contributed by atoms with Gasteiger partial charge in [-0.05, 0) is 44.0 Å². The molecule has 0 saturated carbocycles. The number of aryl methyl sites for hydroxylation is 1. The van der Waals surface area contributed by atoms with Crippen LogP contribution >= 0.6 is 0 Å². The van der Waals surface area contributed by atoms with E-state index >= 15 is 0 Å². The van der Waals surface area contributed by atoms with Gasteiger partial charge in [-0.2, -0.15) is 0 Å². The molecule has 0 radical (unpaired) electrons. The van der Waals surface area contributed by atoms with Gasteiger partial charge in [0.15, 0.2) is 5.65 Å². The number of pyridine rings is 1. The first-order chi connectivity index (χ1) is 11.3. The van der Waals surface area contributed by atoms with Gasteiger partial charge >= 0.3 is 0 Å². The summed E-state index contributed by atoms with van der Waals surface area (Å²) in [7, 11) is 0. The Bertz CT molecular complexity index is 798. The van der Waals surface area contributed by atoms with Crippen molar-refractivity contribution in [1.82, 2.24) is 19.9 Å². The molecule has 1 saturated heterocycles. The minimum absolute atomic E-state index is 0.533. The molecule has 4 nitrogen and oxygen atoms in total. The quantitative estimate of drug-likeness (QED) is 0.805. The lowest BCUT2D eigenvalue weighted by atomic mass is 10.1. The molecule has 1 N–H and O–H groups in total. The number of benzene rings is 1. The molecule has 0 bridgehead atoms. The summed E-state index contributed by atoms with van der Waals surface area (Å²) in [6.07, 6.45) is 5.20. The summed E-state index contributed by atoms with van der Waals surface area (Å²) >= 11 is 0. The number of rotatable bonds is 4. The Kier molecular flexibility index (Phi) is 3.83. The summed E-state index contributed by atoms with van der Waals surface area (Å²) in [5.41, 5.74) is 4.58. The van der Waals surface area contributed by atoms with E-state index in [2.05, 4.69) is 52.1 Å². The van der Waals surface area contributed by atoms with E-state index in [0.717, 1.165) is 36.5 Å². The van der Waals surface area contributed by atoms with Crippen molar-refractivity contribution in [3.63, 3.8) is 0 Å². The van der Waals surface area contributed by atoms with E-state index in [9.17, 15) is 0 Å². The number of fused-ring (bicyclic) bond motifs is 1. The highest BCUT2D eigenvalue weighted by Gasteiger charge is 2.19. The molecule has 118 valence electrons. The second-order valence-corrected chi connectivity index (χ2v) is 6.44. The molecule has 0 aliphatic carbocycles. The molecule has 0 amide bonds. The topological polar surface area (TPSA) is 42.7 Å². The number of nitrogens with one attached hydrogen (secondary N) is 1. The summed E-state index contributed by atoms with van der Waals surface area (Å²) in [6, 6.07) is 13.3. The van der Waals surface area contributed by atoms with Crippen LogP contribution in [0.15, 0.2) is 42.6 Å². The fraction of sp³-hybridized carbons (Fsp3) is 0.368. The van der Waals surface area contributed by atoms with Crippen LogP contribution in [0.2, 0.25) is 0 Å². The lowest BCUT2D eigenvalue weighted by molar-refractivity contribution is 0.505. The van der Waals surface area contributed by atoms with Crippen LogP contribution in [-0.4, -0.2) is 27.1 Å². The van der Waals surface area contributed by atoms with Crippen LogP contribution in [0, 0.1) is 6.92 Å². The summed E-state index contributed by atoms with van der Waals surface area (Å²) in [5, 5.41) is 3.58. The van der Waals surface area contributed by atoms with E-state index in [0.29, 0.717) is 6.04 Å². The van der Waals surface area contributed by atoms with Crippen molar-refractivity contribution in [1.29, 1.82) is 0 Å². The van der Waals surface area contributed by atoms with Gasteiger partial charge in [-0.15, -0.1) is 0 Å². The number of nitrogens with zero attached hydrogens (tertiary/aromatic N) is 3. The van der Waals surface area contributed by atoms with Crippen molar-refractivity contribution in [2.75, 3.05) is 6.54 Å². The highest BCUT2D eigenvalue weighted by molar-refractivity contribution is 5.71. The van der Waals surface area contributed by atoms with Crippen LogP contribution < -0.4 is 5.32 Å². The molecular weight excluding hydrogens is 284 g/mol. The molecule has 1 fully saturated rings. The standard InChI is InChI=1S/C19H22N4/c1-14-6-8-15(9-7-14)12-18-22-17-5-3-11-21-19(17)23(18)13-16-4-2-10-20-16/h3,5-9,11,16,20H,2,4,10,12-13H2,1H3. The number of hydrogen-bond acceptors (Lipinski definition) is 3. The van der Waals surface area contributed by atoms with Gasteiger partial charge in [0.2, 0.25) is 0 Å². The molecule has 1 aliphatic rings. The maximum atomic E-state index is 4.85. The highest BCUT2D eigenvalue weighted by Crippen LogP contribution is 2.19. The van der Waals surface area contributed by atoms with Gasteiger partial charge in [0, 0.05) is 25.2 Å². The lowest BCUT2D eigenvalue weighted by Gasteiger charge is -2.14. The number of aromatic nitrogens is 3. The van der Waals surface area contributed by atoms with Gasteiger partial charge in [-0.25, -0.2) is 9.97 Å². The van der Waals surface area contributed by atoms with Crippen LogP contribution in [0.25, 0.3) is 11.2 Å². The highest BCUT2D eigenvalue weighted by atomic mass is 15.2. The van der Waals surface area contributed by atoms with Gasteiger partial charge in [0.25, 0.3) is 0 Å². The largest absolute Gasteiger partial charge is 0.312 e. The third-order valence-corrected chi connectivity index (χ3v) is 4.63. The summed E-state index contributed by atoms with van der Waals surface area (Å²) in [5.74, 6) is 1.11. The van der Waals surface area contributed by atoms with E-state index in [1.165, 1.54) is 24.0 Å². The van der Waals surface area contributed by atoms with E-state index in [4.69, 9.17) is 4.98 Å². The molecule has 23 heavy (non-hydrogen) atoms. The van der Waals surface area contributed by atoms with Crippen molar-refractivity contribution in [3.05, 3.63) is 59.5 Å². The van der Waals surface area contributed by atoms with Gasteiger partial charge in [-0.1, -0.05) is 29.8 Å². The SMILES string of the molecule is Cc1ccc(Cc2nc3cccnc3n2CC2CCCN2)cc1. The Morgan fingerprint density at radius 2 is 2.09 bits per heavy atom. The minimum Gasteiger partial charge on any atom is -0.312 e. The Morgan fingerprint density at radius 1 is 1.22 bits per heavy atom. The molecule has 0 spiro atoms. The predicted octanol–water partition coefficient (Wildman–Crippen LogP) is 3.08. The van der Waals surface area contributed by atoms with Gasteiger partial charge in [-0.3, -0.25) is 0 Å². The summed E-state index contributed by atoms with van der Waals surface area (Å²) in [6.45, 7) is 4.20. The molecule has 4 rings (SSSR count). The molecule has 1 unspecified atom stereocenters. The Hall–Kier alpha value is -2.20. The lowest BCUT2D eigenvalue weighted by Crippen LogP contribution is -2.27. The number of hydrogen-bond donors (Lipinski definition) is 1. The first kappa shape index (κ1) is 14.4. The fourth-order valence-corrected chi connectivity index (χ4v) is 3.35. The third-order valence-electron chi connectivity index (χ3n) is 4.63. The van der Waals surface area contributed by atoms with E-state index < -0.39 is 0 Å². The Labute approximate surface area is 136 Å². The van der Waals surface area contributed by atoms with Crippen LogP contribution in [-0.2, 0) is 13.0 Å². The minimum atomic E-state index is 0.533. The molecule has 2 aromatic heterocycles. The van der Waals surface area contributed by atoms with Crippen LogP contribution in [0.1, 0.15) is 29.8 Å². The van der Waals surface area contributed by atoms with Crippen LogP contribution in [0.3, 0.4) is 0 Å². The first-order valence-electron chi connectivity index (χ1n) is 8.39. The van der Waals surface area contributed by atoms with Crippen molar-refractivity contribution in [3.8, 4) is 0 Å². The average Bonchev–Trinajstić information content (AvgIpc) is 3.19. The molecule has 3 aromatic rings. The summed E-state index contributed by atoms with van der Waals surface area (Å²) in [4.78, 5) is 9.42. The molecule has 1 atom stereocenters. The van der Waals surface area contributed by atoms with Crippen molar-refractivity contribution in [2.45, 2.75) is 38.8 Å². The fourth-order valence-electron chi connectivity index (χ4n) is 3.35. The smallest absolute Gasteiger partial charge is 0.160 e. The monoisotopic (exact) mass is 306 g/mol. The molecule has 1 aliphatic heterocycles. The predicted molar refractivity (Wildman–Crippen MR) is 92.5 cm³/mol. The second-order valence-electron chi connectivity index (χ2n) is 6.44. The molecule has 1 aromatic carbocycles. The Morgan fingerprint density at radius 3 is 2.87 bits per heavy atom. The van der Waals surface area contributed by atoms with Gasteiger partial charge in [0.1, 0.15) is 11.3 Å². The maximum absolute atomic E-state index is 4.85. The van der Waals surface area contributed by atoms with E-state index in [1.54, 1.807) is 0 Å².